The molecule has 1 aliphatic heterocycles. The normalized spacial score (nSPS) is 16.8. The highest BCUT2D eigenvalue weighted by molar-refractivity contribution is 7.99. The van der Waals surface area contributed by atoms with Gasteiger partial charge in [0.25, 0.3) is 10.0 Å². The Balaban J connectivity index is 1.53. The van der Waals surface area contributed by atoms with Crippen LogP contribution in [0.4, 0.5) is 18.9 Å². The van der Waals surface area contributed by atoms with Crippen molar-refractivity contribution >= 4 is 50.7 Å². The average Bonchev–Trinajstić information content (AvgIpc) is 3.21. The molecular weight excluding hydrogens is 556 g/mol. The van der Waals surface area contributed by atoms with E-state index in [1.807, 2.05) is 11.9 Å². The third kappa shape index (κ3) is 6.41. The zero-order valence-corrected chi connectivity index (χ0v) is 22.0. The first-order chi connectivity index (χ1) is 16.9. The van der Waals surface area contributed by atoms with E-state index in [1.165, 1.54) is 23.9 Å². The van der Waals surface area contributed by atoms with E-state index in [-0.39, 0.29) is 10.6 Å². The lowest BCUT2D eigenvalue weighted by molar-refractivity contribution is -0.139. The van der Waals surface area contributed by atoms with Gasteiger partial charge < -0.3 is 9.64 Å². The zero-order chi connectivity index (χ0) is 26.1. The number of halogens is 5. The number of likely N-dealkylation sites (tertiary alicyclic amines) is 1. The molecule has 1 fully saturated rings. The van der Waals surface area contributed by atoms with Gasteiger partial charge in [0.05, 0.1) is 26.2 Å². The Bertz CT molecular complexity index is 1350. The van der Waals surface area contributed by atoms with Crippen LogP contribution in [-0.2, 0) is 16.2 Å². The summed E-state index contributed by atoms with van der Waals surface area (Å²) in [5, 5.41) is 0.803. The fourth-order valence-electron chi connectivity index (χ4n) is 3.68. The highest BCUT2D eigenvalue weighted by atomic mass is 35.5. The second-order valence-corrected chi connectivity index (χ2v) is 11.8. The van der Waals surface area contributed by atoms with E-state index in [0.717, 1.165) is 23.1 Å². The SMILES string of the molecule is CN1CC[C@@H](Oc2cc(NS(=O)(=O)c3ccc(Sc4cccc(Cl)c4Cl)cc3)ccc2C(F)(F)F)C1. The number of hydrogen-bond donors (Lipinski definition) is 1. The summed E-state index contributed by atoms with van der Waals surface area (Å²) in [4.78, 5) is 3.34. The first kappa shape index (κ1) is 26.9. The fourth-order valence-corrected chi connectivity index (χ4v) is 6.07. The van der Waals surface area contributed by atoms with Crippen molar-refractivity contribution < 1.29 is 26.3 Å². The minimum Gasteiger partial charge on any atom is -0.488 e. The quantitative estimate of drug-likeness (QED) is 0.326. The summed E-state index contributed by atoms with van der Waals surface area (Å²) < 4.78 is 74.4. The summed E-state index contributed by atoms with van der Waals surface area (Å²) >= 11 is 13.6. The van der Waals surface area contributed by atoms with E-state index in [4.69, 9.17) is 27.9 Å². The van der Waals surface area contributed by atoms with Crippen molar-refractivity contribution in [2.75, 3.05) is 24.9 Å². The molecule has 5 nitrogen and oxygen atoms in total. The van der Waals surface area contributed by atoms with Gasteiger partial charge in [0.15, 0.2) is 0 Å². The number of benzene rings is 3. The van der Waals surface area contributed by atoms with E-state index in [2.05, 4.69) is 4.72 Å². The monoisotopic (exact) mass is 576 g/mol. The van der Waals surface area contributed by atoms with Crippen molar-refractivity contribution in [3.8, 4) is 5.75 Å². The standard InChI is InChI=1S/C24H21Cl2F3N2O3S2/c1-31-12-11-16(14-31)34-21-13-15(5-10-19(21)24(27,28)29)30-36(32,33)18-8-6-17(7-9-18)35-22-4-2-3-20(25)23(22)26/h2-10,13,16,30H,11-12,14H2,1H3/t16-/m1/s1. The van der Waals surface area contributed by atoms with Gasteiger partial charge in [-0.2, -0.15) is 13.2 Å². The summed E-state index contributed by atoms with van der Waals surface area (Å²) in [6.07, 6.45) is -4.48. The second-order valence-electron chi connectivity index (χ2n) is 8.23. The molecule has 12 heteroatoms. The van der Waals surface area contributed by atoms with Gasteiger partial charge in [0.1, 0.15) is 11.9 Å². The number of ether oxygens (including phenoxy) is 1. The summed E-state index contributed by atoms with van der Waals surface area (Å²) in [5.74, 6) is -0.409. The summed E-state index contributed by atoms with van der Waals surface area (Å²) in [6, 6.07) is 14.2. The lowest BCUT2D eigenvalue weighted by atomic mass is 10.1. The van der Waals surface area contributed by atoms with Crippen LogP contribution in [0.2, 0.25) is 10.0 Å². The molecule has 1 atom stereocenters. The third-order valence-electron chi connectivity index (χ3n) is 5.46. The highest BCUT2D eigenvalue weighted by Gasteiger charge is 2.36. The van der Waals surface area contributed by atoms with Crippen LogP contribution in [0.15, 0.2) is 75.4 Å². The lowest BCUT2D eigenvalue weighted by Crippen LogP contribution is -2.23. The minimum atomic E-state index is -4.64. The smallest absolute Gasteiger partial charge is 0.419 e. The van der Waals surface area contributed by atoms with Crippen molar-refractivity contribution in [1.82, 2.24) is 4.90 Å². The number of alkyl halides is 3. The molecule has 1 heterocycles. The molecule has 1 saturated heterocycles. The maximum atomic E-state index is 13.5. The molecule has 0 amide bonds. The second kappa shape index (κ2) is 10.7. The van der Waals surface area contributed by atoms with Gasteiger partial charge in [-0.3, -0.25) is 4.72 Å². The number of nitrogens with zero attached hydrogens (tertiary/aromatic N) is 1. The largest absolute Gasteiger partial charge is 0.488 e. The highest BCUT2D eigenvalue weighted by Crippen LogP contribution is 2.40. The van der Waals surface area contributed by atoms with E-state index < -0.39 is 33.6 Å². The van der Waals surface area contributed by atoms with Crippen LogP contribution >= 0.6 is 35.0 Å². The van der Waals surface area contributed by atoms with Crippen molar-refractivity contribution in [2.45, 2.75) is 33.4 Å². The zero-order valence-electron chi connectivity index (χ0n) is 18.9. The Labute approximate surface area is 221 Å². The molecule has 0 radical (unpaired) electrons. The van der Waals surface area contributed by atoms with Crippen molar-refractivity contribution in [3.05, 3.63) is 76.3 Å². The molecule has 0 bridgehead atoms. The molecular formula is C24H21Cl2F3N2O3S2. The van der Waals surface area contributed by atoms with Crippen molar-refractivity contribution in [3.63, 3.8) is 0 Å². The molecule has 0 aromatic heterocycles. The summed E-state index contributed by atoms with van der Waals surface area (Å²) in [5.41, 5.74) is -0.991. The van der Waals surface area contributed by atoms with Crippen LogP contribution in [0, 0.1) is 0 Å². The van der Waals surface area contributed by atoms with E-state index >= 15 is 0 Å². The van der Waals surface area contributed by atoms with Crippen LogP contribution in [0.5, 0.6) is 5.75 Å². The number of nitrogens with one attached hydrogen (secondary N) is 1. The molecule has 3 aromatic carbocycles. The van der Waals surface area contributed by atoms with Gasteiger partial charge >= 0.3 is 6.18 Å². The predicted octanol–water partition coefficient (Wildman–Crippen LogP) is 7.05. The Morgan fingerprint density at radius 2 is 1.81 bits per heavy atom. The van der Waals surface area contributed by atoms with Gasteiger partial charge in [-0.25, -0.2) is 8.42 Å². The molecule has 0 saturated carbocycles. The van der Waals surface area contributed by atoms with Gasteiger partial charge in [0.2, 0.25) is 0 Å². The molecule has 4 rings (SSSR count). The van der Waals surface area contributed by atoms with E-state index in [1.54, 1.807) is 30.3 Å². The topological polar surface area (TPSA) is 58.6 Å². The molecule has 1 N–H and O–H groups in total. The Hall–Kier alpha value is -2.11. The van der Waals surface area contributed by atoms with Crippen LogP contribution in [0.3, 0.4) is 0 Å². The molecule has 0 unspecified atom stereocenters. The third-order valence-corrected chi connectivity index (χ3v) is 8.86. The van der Waals surface area contributed by atoms with Crippen LogP contribution < -0.4 is 9.46 Å². The maximum Gasteiger partial charge on any atom is 0.419 e. The fraction of sp³-hybridized carbons (Fsp3) is 0.250. The van der Waals surface area contributed by atoms with Gasteiger partial charge in [0, 0.05) is 28.9 Å². The van der Waals surface area contributed by atoms with E-state index in [0.29, 0.717) is 34.5 Å². The van der Waals surface area contributed by atoms with Gasteiger partial charge in [-0.15, -0.1) is 0 Å². The summed E-state index contributed by atoms with van der Waals surface area (Å²) in [7, 11) is -2.22. The first-order valence-corrected chi connectivity index (χ1v) is 13.8. The predicted molar refractivity (Wildman–Crippen MR) is 136 cm³/mol. The number of hydrogen-bond acceptors (Lipinski definition) is 5. The van der Waals surface area contributed by atoms with Crippen molar-refractivity contribution in [1.29, 1.82) is 0 Å². The van der Waals surface area contributed by atoms with Gasteiger partial charge in [-0.05, 0) is 62.0 Å². The average molecular weight is 577 g/mol. The van der Waals surface area contributed by atoms with Crippen LogP contribution in [-0.4, -0.2) is 39.6 Å². The minimum absolute atomic E-state index is 0.0338. The van der Waals surface area contributed by atoms with Crippen LogP contribution in [0.25, 0.3) is 0 Å². The molecule has 36 heavy (non-hydrogen) atoms. The number of anilines is 1. The maximum absolute atomic E-state index is 13.5. The number of sulfonamides is 1. The van der Waals surface area contributed by atoms with E-state index in [9.17, 15) is 21.6 Å². The number of likely N-dealkylation sites (N-methyl/N-ethyl adjacent to an activating group) is 1. The Kier molecular flexibility index (Phi) is 8.01. The molecule has 1 aliphatic rings. The molecule has 0 aliphatic carbocycles. The van der Waals surface area contributed by atoms with Crippen LogP contribution in [0.1, 0.15) is 12.0 Å². The molecule has 0 spiro atoms. The molecule has 3 aromatic rings. The van der Waals surface area contributed by atoms with Crippen molar-refractivity contribution in [2.24, 2.45) is 0 Å². The number of rotatable bonds is 7. The summed E-state index contributed by atoms with van der Waals surface area (Å²) in [6.45, 7) is 1.19. The van der Waals surface area contributed by atoms with Gasteiger partial charge in [-0.1, -0.05) is 41.0 Å². The Morgan fingerprint density at radius 1 is 1.08 bits per heavy atom. The Morgan fingerprint density at radius 3 is 2.44 bits per heavy atom. The lowest BCUT2D eigenvalue weighted by Gasteiger charge is -2.19. The molecule has 192 valence electrons. The first-order valence-electron chi connectivity index (χ1n) is 10.7.